The molecule has 0 radical (unpaired) electrons. The first-order valence-electron chi connectivity index (χ1n) is 10.1. The Labute approximate surface area is 162 Å². The van der Waals surface area contributed by atoms with Gasteiger partial charge in [0.15, 0.2) is 0 Å². The van der Waals surface area contributed by atoms with Crippen molar-refractivity contribution in [2.24, 2.45) is 0 Å². The highest BCUT2D eigenvalue weighted by Crippen LogP contribution is 2.30. The number of benzene rings is 2. The third-order valence-electron chi connectivity index (χ3n) is 5.05. The summed E-state index contributed by atoms with van der Waals surface area (Å²) in [5, 5.41) is 0. The second-order valence-corrected chi connectivity index (χ2v) is 7.13. The molecule has 2 heteroatoms. The fourth-order valence-electron chi connectivity index (χ4n) is 3.51. The maximum Gasteiger partial charge on any atom is 0.251 e. The van der Waals surface area contributed by atoms with Crippen LogP contribution in [0.5, 0.6) is 0 Å². The predicted molar refractivity (Wildman–Crippen MR) is 115 cm³/mol. The summed E-state index contributed by atoms with van der Waals surface area (Å²) < 4.78 is 1.88. The van der Waals surface area contributed by atoms with Gasteiger partial charge in [-0.25, -0.2) is 0 Å². The summed E-state index contributed by atoms with van der Waals surface area (Å²) in [5.74, 6) is 0. The highest BCUT2D eigenvalue weighted by atomic mass is 16.1. The molecule has 0 spiro atoms. The molecule has 0 saturated heterocycles. The first-order chi connectivity index (χ1) is 13.3. The monoisotopic (exact) mass is 359 g/mol. The summed E-state index contributed by atoms with van der Waals surface area (Å²) in [6, 6.07) is 22.3. The van der Waals surface area contributed by atoms with E-state index in [4.69, 9.17) is 0 Å². The number of aryl methyl sites for hydroxylation is 1. The lowest BCUT2D eigenvalue weighted by atomic mass is 9.96. The Balaban J connectivity index is 1.88. The molecule has 0 aliphatic carbocycles. The molecule has 1 heterocycles. The fourth-order valence-corrected chi connectivity index (χ4v) is 3.51. The van der Waals surface area contributed by atoms with Crippen LogP contribution >= 0.6 is 0 Å². The van der Waals surface area contributed by atoms with Crippen LogP contribution < -0.4 is 5.56 Å². The molecule has 2 aromatic carbocycles. The van der Waals surface area contributed by atoms with Gasteiger partial charge in [-0.3, -0.25) is 4.79 Å². The minimum absolute atomic E-state index is 0.0853. The number of pyridine rings is 1. The van der Waals surface area contributed by atoms with E-state index in [9.17, 15) is 4.79 Å². The molecular weight excluding hydrogens is 330 g/mol. The zero-order valence-electron chi connectivity index (χ0n) is 16.2. The van der Waals surface area contributed by atoms with E-state index in [0.29, 0.717) is 0 Å². The Morgan fingerprint density at radius 2 is 1.26 bits per heavy atom. The number of aromatic nitrogens is 1. The Morgan fingerprint density at radius 3 is 1.89 bits per heavy atom. The Hall–Kier alpha value is -2.61. The SMILES string of the molecule is CCCCCCCCn1cc(-c2ccccc2)c(-c2ccccc2)cc1=O. The number of rotatable bonds is 9. The van der Waals surface area contributed by atoms with Gasteiger partial charge in [0.05, 0.1) is 0 Å². The highest BCUT2D eigenvalue weighted by Gasteiger charge is 2.11. The van der Waals surface area contributed by atoms with Crippen LogP contribution in [0.15, 0.2) is 77.7 Å². The van der Waals surface area contributed by atoms with Crippen LogP contribution in [0.25, 0.3) is 22.3 Å². The molecule has 2 nitrogen and oxygen atoms in total. The van der Waals surface area contributed by atoms with Crippen molar-refractivity contribution >= 4 is 0 Å². The maximum absolute atomic E-state index is 12.7. The van der Waals surface area contributed by atoms with E-state index in [1.165, 1.54) is 32.1 Å². The van der Waals surface area contributed by atoms with Crippen molar-refractivity contribution in [3.05, 3.63) is 83.3 Å². The van der Waals surface area contributed by atoms with Crippen LogP contribution in [0, 0.1) is 0 Å². The van der Waals surface area contributed by atoms with Crippen LogP contribution in [-0.2, 0) is 6.54 Å². The standard InChI is InChI=1S/C25H29NO/c1-2-3-4-5-6-13-18-26-20-24(22-16-11-8-12-17-22)23(19-25(26)27)21-14-9-7-10-15-21/h7-12,14-17,19-20H,2-6,13,18H2,1H3. The third kappa shape index (κ3) is 5.19. The number of nitrogens with zero attached hydrogens (tertiary/aromatic N) is 1. The lowest BCUT2D eigenvalue weighted by Crippen LogP contribution is -2.19. The van der Waals surface area contributed by atoms with Gasteiger partial charge < -0.3 is 4.57 Å². The number of hydrogen-bond donors (Lipinski definition) is 0. The van der Waals surface area contributed by atoms with Crippen molar-refractivity contribution in [2.45, 2.75) is 52.0 Å². The lowest BCUT2D eigenvalue weighted by Gasteiger charge is -2.14. The minimum Gasteiger partial charge on any atom is -0.315 e. The van der Waals surface area contributed by atoms with Gasteiger partial charge in [-0.15, -0.1) is 0 Å². The molecule has 0 saturated carbocycles. The molecule has 0 amide bonds. The molecule has 140 valence electrons. The molecule has 0 unspecified atom stereocenters. The van der Waals surface area contributed by atoms with E-state index in [1.54, 1.807) is 6.07 Å². The van der Waals surface area contributed by atoms with E-state index in [2.05, 4.69) is 31.2 Å². The Kier molecular flexibility index (Phi) is 7.04. The summed E-state index contributed by atoms with van der Waals surface area (Å²) in [5.41, 5.74) is 4.44. The lowest BCUT2D eigenvalue weighted by molar-refractivity contribution is 0.550. The first-order valence-corrected chi connectivity index (χ1v) is 10.1. The van der Waals surface area contributed by atoms with Crippen LogP contribution in [0.3, 0.4) is 0 Å². The van der Waals surface area contributed by atoms with Gasteiger partial charge in [-0.2, -0.15) is 0 Å². The zero-order chi connectivity index (χ0) is 18.9. The molecule has 0 atom stereocenters. The molecule has 1 aromatic heterocycles. The van der Waals surface area contributed by atoms with Gasteiger partial charge in [-0.1, -0.05) is 99.7 Å². The van der Waals surface area contributed by atoms with Gasteiger partial charge in [-0.05, 0) is 23.1 Å². The first kappa shape index (κ1) is 19.2. The third-order valence-corrected chi connectivity index (χ3v) is 5.05. The van der Waals surface area contributed by atoms with Gasteiger partial charge in [0.1, 0.15) is 0 Å². The fraction of sp³-hybridized carbons (Fsp3) is 0.320. The molecule has 27 heavy (non-hydrogen) atoms. The summed E-state index contributed by atoms with van der Waals surface area (Å²) in [7, 11) is 0. The molecule has 0 aliphatic rings. The highest BCUT2D eigenvalue weighted by molar-refractivity contribution is 5.82. The van der Waals surface area contributed by atoms with Gasteiger partial charge >= 0.3 is 0 Å². The average Bonchev–Trinajstić information content (AvgIpc) is 2.72. The van der Waals surface area contributed by atoms with Crippen LogP contribution in [0.1, 0.15) is 45.4 Å². The van der Waals surface area contributed by atoms with Crippen molar-refractivity contribution in [1.29, 1.82) is 0 Å². The Bertz CT molecular complexity index is 881. The summed E-state index contributed by atoms with van der Waals surface area (Å²) in [6.07, 6.45) is 9.43. The Morgan fingerprint density at radius 1 is 0.704 bits per heavy atom. The van der Waals surface area contributed by atoms with E-state index >= 15 is 0 Å². The van der Waals surface area contributed by atoms with Gasteiger partial charge in [0, 0.05) is 24.4 Å². The van der Waals surface area contributed by atoms with Crippen LogP contribution in [-0.4, -0.2) is 4.57 Å². The van der Waals surface area contributed by atoms with Crippen molar-refractivity contribution < 1.29 is 0 Å². The van der Waals surface area contributed by atoms with Crippen molar-refractivity contribution in [2.75, 3.05) is 0 Å². The number of hydrogen-bond acceptors (Lipinski definition) is 1. The second kappa shape index (κ2) is 9.91. The molecular formula is C25H29NO. The molecule has 0 aliphatic heterocycles. The average molecular weight is 360 g/mol. The minimum atomic E-state index is 0.0853. The molecule has 3 rings (SSSR count). The molecule has 0 fully saturated rings. The zero-order valence-corrected chi connectivity index (χ0v) is 16.2. The predicted octanol–water partition coefficient (Wildman–Crippen LogP) is 6.54. The van der Waals surface area contributed by atoms with Crippen molar-refractivity contribution in [3.8, 4) is 22.3 Å². The quantitative estimate of drug-likeness (QED) is 0.397. The summed E-state index contributed by atoms with van der Waals surface area (Å²) >= 11 is 0. The van der Waals surface area contributed by atoms with E-state index in [1.807, 2.05) is 47.2 Å². The molecule has 0 N–H and O–H groups in total. The van der Waals surface area contributed by atoms with E-state index < -0.39 is 0 Å². The van der Waals surface area contributed by atoms with E-state index in [-0.39, 0.29) is 5.56 Å². The molecule has 3 aromatic rings. The normalized spacial score (nSPS) is 10.9. The smallest absolute Gasteiger partial charge is 0.251 e. The van der Waals surface area contributed by atoms with Crippen molar-refractivity contribution in [1.82, 2.24) is 4.57 Å². The summed E-state index contributed by atoms with van der Waals surface area (Å²) in [4.78, 5) is 12.7. The van der Waals surface area contributed by atoms with Crippen LogP contribution in [0.4, 0.5) is 0 Å². The topological polar surface area (TPSA) is 22.0 Å². The molecule has 0 bridgehead atoms. The van der Waals surface area contributed by atoms with Crippen LogP contribution in [0.2, 0.25) is 0 Å². The second-order valence-electron chi connectivity index (χ2n) is 7.13. The summed E-state index contributed by atoms with van der Waals surface area (Å²) in [6.45, 7) is 3.03. The maximum atomic E-state index is 12.7. The van der Waals surface area contributed by atoms with Crippen molar-refractivity contribution in [3.63, 3.8) is 0 Å². The van der Waals surface area contributed by atoms with Gasteiger partial charge in [0.2, 0.25) is 0 Å². The van der Waals surface area contributed by atoms with Gasteiger partial charge in [0.25, 0.3) is 5.56 Å². The van der Waals surface area contributed by atoms with E-state index in [0.717, 1.165) is 35.2 Å². The largest absolute Gasteiger partial charge is 0.315 e. The number of unbranched alkanes of at least 4 members (excludes halogenated alkanes) is 5.